The van der Waals surface area contributed by atoms with Crippen LogP contribution in [0, 0.1) is 11.3 Å². The zero-order valence-corrected chi connectivity index (χ0v) is 13.6. The number of methoxy groups -OCH3 is 1. The molecule has 0 spiro atoms. The Morgan fingerprint density at radius 1 is 1.30 bits per heavy atom. The van der Waals surface area contributed by atoms with E-state index in [1.54, 1.807) is 18.2 Å². The molecule has 2 aromatic carbocycles. The minimum Gasteiger partial charge on any atom is -0.495 e. The number of allylic oxidation sites excluding steroid dienone is 1. The van der Waals surface area contributed by atoms with E-state index < -0.39 is 0 Å². The first kappa shape index (κ1) is 15.4. The molecule has 0 saturated carbocycles. The van der Waals surface area contributed by atoms with Crippen LogP contribution >= 0.6 is 23.2 Å². The molecule has 0 saturated heterocycles. The van der Waals surface area contributed by atoms with E-state index >= 15 is 0 Å². The molecule has 0 amide bonds. The Labute approximate surface area is 142 Å². The van der Waals surface area contributed by atoms with Gasteiger partial charge in [-0.1, -0.05) is 35.3 Å². The summed E-state index contributed by atoms with van der Waals surface area (Å²) in [6.45, 7) is 0. The third-order valence-electron chi connectivity index (χ3n) is 3.31. The molecule has 3 aromatic rings. The van der Waals surface area contributed by atoms with Crippen molar-refractivity contribution in [3.8, 4) is 11.8 Å². The number of imidazole rings is 1. The lowest BCUT2D eigenvalue weighted by Crippen LogP contribution is -1.91. The van der Waals surface area contributed by atoms with Gasteiger partial charge in [-0.15, -0.1) is 0 Å². The highest BCUT2D eigenvalue weighted by Crippen LogP contribution is 2.34. The van der Waals surface area contributed by atoms with E-state index in [2.05, 4.69) is 16.0 Å². The van der Waals surface area contributed by atoms with Crippen LogP contribution < -0.4 is 4.74 Å². The fourth-order valence-electron chi connectivity index (χ4n) is 2.29. The van der Waals surface area contributed by atoms with Gasteiger partial charge in [-0.2, -0.15) is 5.26 Å². The summed E-state index contributed by atoms with van der Waals surface area (Å²) in [5.74, 6) is 0.937. The Bertz CT molecular complexity index is 921. The second-order valence-electron chi connectivity index (χ2n) is 4.78. The quantitative estimate of drug-likeness (QED) is 0.685. The lowest BCUT2D eigenvalue weighted by Gasteiger charge is -2.08. The van der Waals surface area contributed by atoms with E-state index in [1.807, 2.05) is 24.3 Å². The Morgan fingerprint density at radius 2 is 2.09 bits per heavy atom. The maximum Gasteiger partial charge on any atom is 0.149 e. The molecule has 1 heterocycles. The molecule has 1 N–H and O–H groups in total. The number of fused-ring (bicyclic) bond motifs is 1. The SMILES string of the molecule is COc1c(Cl)cc(Cl)cc1/C=C(\C#N)c1nc2ccccc2[nH]1. The van der Waals surface area contributed by atoms with Crippen molar-refractivity contribution in [1.82, 2.24) is 9.97 Å². The number of hydrogen-bond acceptors (Lipinski definition) is 3. The average molecular weight is 344 g/mol. The molecule has 0 radical (unpaired) electrons. The summed E-state index contributed by atoms with van der Waals surface area (Å²) < 4.78 is 5.30. The first-order valence-electron chi connectivity index (χ1n) is 6.72. The zero-order chi connectivity index (χ0) is 16.4. The number of nitrogens with one attached hydrogen (secondary N) is 1. The maximum atomic E-state index is 9.48. The summed E-state index contributed by atoms with van der Waals surface area (Å²) in [7, 11) is 1.51. The number of nitrogens with zero attached hydrogens (tertiary/aromatic N) is 2. The van der Waals surface area contributed by atoms with Gasteiger partial charge in [0.15, 0.2) is 0 Å². The maximum absolute atomic E-state index is 9.48. The van der Waals surface area contributed by atoms with Gasteiger partial charge in [0, 0.05) is 10.6 Å². The first-order valence-corrected chi connectivity index (χ1v) is 7.48. The van der Waals surface area contributed by atoms with Crippen molar-refractivity contribution in [1.29, 1.82) is 5.26 Å². The molecule has 114 valence electrons. The van der Waals surface area contributed by atoms with Crippen LogP contribution in [0.5, 0.6) is 5.75 Å². The predicted molar refractivity (Wildman–Crippen MR) is 92.6 cm³/mol. The molecule has 1 aromatic heterocycles. The van der Waals surface area contributed by atoms with Crippen molar-refractivity contribution in [2.45, 2.75) is 0 Å². The number of aromatic amines is 1. The van der Waals surface area contributed by atoms with Crippen molar-refractivity contribution in [2.75, 3.05) is 7.11 Å². The van der Waals surface area contributed by atoms with Crippen LogP contribution in [0.25, 0.3) is 22.7 Å². The fraction of sp³-hybridized carbons (Fsp3) is 0.0588. The summed E-state index contributed by atoms with van der Waals surface area (Å²) in [5.41, 5.74) is 2.62. The van der Waals surface area contributed by atoms with Crippen LogP contribution in [-0.2, 0) is 0 Å². The molecule has 0 aliphatic heterocycles. The van der Waals surface area contributed by atoms with E-state index in [0.717, 1.165) is 11.0 Å². The Kier molecular flexibility index (Phi) is 4.24. The van der Waals surface area contributed by atoms with Crippen molar-refractivity contribution in [3.63, 3.8) is 0 Å². The summed E-state index contributed by atoms with van der Waals surface area (Å²) >= 11 is 12.2. The van der Waals surface area contributed by atoms with Gasteiger partial charge < -0.3 is 9.72 Å². The topological polar surface area (TPSA) is 61.7 Å². The number of ether oxygens (including phenoxy) is 1. The monoisotopic (exact) mass is 343 g/mol. The third-order valence-corrected chi connectivity index (χ3v) is 3.80. The predicted octanol–water partition coefficient (Wildman–Crippen LogP) is 4.94. The van der Waals surface area contributed by atoms with Crippen LogP contribution in [-0.4, -0.2) is 17.1 Å². The van der Waals surface area contributed by atoms with E-state index in [1.165, 1.54) is 7.11 Å². The number of hydrogen-bond donors (Lipinski definition) is 1. The van der Waals surface area contributed by atoms with E-state index in [4.69, 9.17) is 27.9 Å². The second kappa shape index (κ2) is 6.33. The first-order chi connectivity index (χ1) is 11.1. The number of nitriles is 1. The van der Waals surface area contributed by atoms with E-state index in [0.29, 0.717) is 32.8 Å². The summed E-state index contributed by atoms with van der Waals surface area (Å²) in [6.07, 6.45) is 1.65. The summed E-state index contributed by atoms with van der Waals surface area (Å²) in [4.78, 5) is 7.55. The Hall–Kier alpha value is -2.48. The van der Waals surface area contributed by atoms with Crippen molar-refractivity contribution in [2.24, 2.45) is 0 Å². The molecule has 4 nitrogen and oxygen atoms in total. The highest BCUT2D eigenvalue weighted by Gasteiger charge is 2.12. The lowest BCUT2D eigenvalue weighted by molar-refractivity contribution is 0.414. The van der Waals surface area contributed by atoms with Crippen molar-refractivity contribution < 1.29 is 4.74 Å². The van der Waals surface area contributed by atoms with Gasteiger partial charge in [0.1, 0.15) is 17.6 Å². The highest BCUT2D eigenvalue weighted by molar-refractivity contribution is 6.36. The molecule has 0 atom stereocenters. The van der Waals surface area contributed by atoms with Gasteiger partial charge in [0.05, 0.1) is 28.7 Å². The van der Waals surface area contributed by atoms with Crippen molar-refractivity contribution >= 4 is 45.9 Å². The zero-order valence-electron chi connectivity index (χ0n) is 12.1. The average Bonchev–Trinajstić information content (AvgIpc) is 2.95. The molecule has 3 rings (SSSR count). The fourth-order valence-corrected chi connectivity index (χ4v) is 2.88. The number of benzene rings is 2. The molecule has 0 unspecified atom stereocenters. The third kappa shape index (κ3) is 3.02. The number of para-hydroxylation sites is 2. The van der Waals surface area contributed by atoms with E-state index in [-0.39, 0.29) is 0 Å². The van der Waals surface area contributed by atoms with Crippen LogP contribution in [0.2, 0.25) is 10.0 Å². The molecule has 0 bridgehead atoms. The Balaban J connectivity index is 2.14. The lowest BCUT2D eigenvalue weighted by atomic mass is 10.1. The van der Waals surface area contributed by atoms with Crippen LogP contribution in [0.3, 0.4) is 0 Å². The van der Waals surface area contributed by atoms with Crippen LogP contribution in [0.15, 0.2) is 36.4 Å². The molecule has 0 aliphatic rings. The highest BCUT2D eigenvalue weighted by atomic mass is 35.5. The molecular weight excluding hydrogens is 333 g/mol. The second-order valence-corrected chi connectivity index (χ2v) is 5.63. The number of halogens is 2. The minimum atomic E-state index is 0.359. The van der Waals surface area contributed by atoms with Gasteiger partial charge in [0.25, 0.3) is 0 Å². The van der Waals surface area contributed by atoms with E-state index in [9.17, 15) is 5.26 Å². The van der Waals surface area contributed by atoms with Crippen LogP contribution in [0.1, 0.15) is 11.4 Å². The molecule has 6 heteroatoms. The standard InChI is InChI=1S/C17H11Cl2N3O/c1-23-16-10(7-12(18)8-13(16)19)6-11(9-20)17-21-14-4-2-3-5-15(14)22-17/h2-8H,1H3,(H,21,22)/b11-6+. The number of H-pyrrole nitrogens is 1. The van der Waals surface area contributed by atoms with Gasteiger partial charge in [-0.3, -0.25) is 0 Å². The molecule has 0 aliphatic carbocycles. The van der Waals surface area contributed by atoms with Gasteiger partial charge in [-0.25, -0.2) is 4.98 Å². The van der Waals surface area contributed by atoms with Crippen LogP contribution in [0.4, 0.5) is 0 Å². The molecule has 23 heavy (non-hydrogen) atoms. The van der Waals surface area contributed by atoms with Crippen molar-refractivity contribution in [3.05, 3.63) is 57.8 Å². The van der Waals surface area contributed by atoms with Gasteiger partial charge in [-0.05, 0) is 30.3 Å². The summed E-state index contributed by atoms with van der Waals surface area (Å²) in [6, 6.07) is 13.0. The van der Waals surface area contributed by atoms with Gasteiger partial charge in [0.2, 0.25) is 0 Å². The molecular formula is C17H11Cl2N3O. The normalized spacial score (nSPS) is 11.5. The largest absolute Gasteiger partial charge is 0.495 e. The molecule has 0 fully saturated rings. The Morgan fingerprint density at radius 3 is 2.78 bits per heavy atom. The van der Waals surface area contributed by atoms with Gasteiger partial charge >= 0.3 is 0 Å². The summed E-state index contributed by atoms with van der Waals surface area (Å²) in [5, 5.41) is 10.3. The minimum absolute atomic E-state index is 0.359. The smallest absolute Gasteiger partial charge is 0.149 e. The number of aromatic nitrogens is 2. The number of rotatable bonds is 3.